The van der Waals surface area contributed by atoms with Crippen molar-refractivity contribution in [2.45, 2.75) is 32.4 Å². The minimum absolute atomic E-state index is 0.0493. The highest BCUT2D eigenvalue weighted by Crippen LogP contribution is 2.31. The lowest BCUT2D eigenvalue weighted by Crippen LogP contribution is -2.46. The molecule has 0 saturated carbocycles. The Hall–Kier alpha value is -3.52. The molecule has 0 N–H and O–H groups in total. The molecule has 164 valence electrons. The summed E-state index contributed by atoms with van der Waals surface area (Å²) in [6, 6.07) is 15.6. The molecule has 0 spiro atoms. The molecule has 1 fully saturated rings. The molecule has 1 saturated heterocycles. The van der Waals surface area contributed by atoms with Crippen LogP contribution in [0.25, 0.3) is 0 Å². The molecule has 3 aromatic rings. The van der Waals surface area contributed by atoms with Gasteiger partial charge < -0.3 is 4.74 Å². The molecule has 2 aromatic carbocycles. The van der Waals surface area contributed by atoms with Gasteiger partial charge in [0.15, 0.2) is 10.9 Å². The summed E-state index contributed by atoms with van der Waals surface area (Å²) in [6.45, 7) is 2.11. The fraction of sp³-hybridized carbons (Fsp3) is 0.250. The van der Waals surface area contributed by atoms with Gasteiger partial charge in [-0.15, -0.1) is 11.3 Å². The second-order valence-corrected chi connectivity index (χ2v) is 8.36. The third-order valence-electron chi connectivity index (χ3n) is 5.34. The molecule has 2 heterocycles. The van der Waals surface area contributed by atoms with Crippen molar-refractivity contribution in [2.24, 2.45) is 0 Å². The summed E-state index contributed by atoms with van der Waals surface area (Å²) in [5.41, 5.74) is 2.05. The van der Waals surface area contributed by atoms with Gasteiger partial charge in [-0.2, -0.15) is 0 Å². The first kappa shape index (κ1) is 21.7. The van der Waals surface area contributed by atoms with Crippen molar-refractivity contribution in [2.75, 3.05) is 11.4 Å². The molecule has 2 amide bonds. The lowest BCUT2D eigenvalue weighted by atomic mass is 10.1. The smallest absolute Gasteiger partial charge is 0.410 e. The molecule has 1 aromatic heterocycles. The van der Waals surface area contributed by atoms with Crippen molar-refractivity contribution in [3.63, 3.8) is 0 Å². The molecule has 0 radical (unpaired) electrons. The van der Waals surface area contributed by atoms with Gasteiger partial charge in [0, 0.05) is 23.7 Å². The molecule has 1 aliphatic rings. The Morgan fingerprint density at radius 3 is 2.53 bits per heavy atom. The van der Waals surface area contributed by atoms with Gasteiger partial charge in [-0.05, 0) is 49.6 Å². The number of nitrogens with zero attached hydrogens (tertiary/aromatic N) is 3. The third kappa shape index (κ3) is 4.70. The predicted octanol–water partition coefficient (Wildman–Crippen LogP) is 4.81. The fourth-order valence-electron chi connectivity index (χ4n) is 3.70. The van der Waals surface area contributed by atoms with E-state index in [0.717, 1.165) is 5.56 Å². The Labute approximate surface area is 190 Å². The number of ketones is 1. The molecule has 0 bridgehead atoms. The number of carbonyl (C=O) groups excluding carboxylic acids is 3. The number of anilines is 2. The van der Waals surface area contributed by atoms with E-state index in [1.807, 2.05) is 30.3 Å². The van der Waals surface area contributed by atoms with Gasteiger partial charge in [-0.1, -0.05) is 30.3 Å². The summed E-state index contributed by atoms with van der Waals surface area (Å²) in [6.07, 6.45) is 2.39. The molecule has 0 aliphatic carbocycles. The van der Waals surface area contributed by atoms with E-state index in [2.05, 4.69) is 4.98 Å². The van der Waals surface area contributed by atoms with Gasteiger partial charge in [0.1, 0.15) is 12.6 Å². The number of hydrogen-bond acceptors (Lipinski definition) is 6. The van der Waals surface area contributed by atoms with Gasteiger partial charge >= 0.3 is 6.09 Å². The second kappa shape index (κ2) is 9.74. The zero-order valence-corrected chi connectivity index (χ0v) is 18.5. The second-order valence-electron chi connectivity index (χ2n) is 7.48. The molecule has 1 atom stereocenters. The summed E-state index contributed by atoms with van der Waals surface area (Å²) in [5.74, 6) is -0.295. The number of carbonyl (C=O) groups is 3. The maximum Gasteiger partial charge on any atom is 0.410 e. The molecule has 4 rings (SSSR count). The first-order valence-electron chi connectivity index (χ1n) is 10.4. The average molecular weight is 450 g/mol. The number of likely N-dealkylation sites (tertiary alicyclic amines) is 1. The van der Waals surface area contributed by atoms with E-state index in [-0.39, 0.29) is 18.3 Å². The number of hydrogen-bond donors (Lipinski definition) is 0. The maximum absolute atomic E-state index is 13.6. The predicted molar refractivity (Wildman–Crippen MR) is 122 cm³/mol. The maximum atomic E-state index is 13.6. The van der Waals surface area contributed by atoms with E-state index >= 15 is 0 Å². The van der Waals surface area contributed by atoms with E-state index in [4.69, 9.17) is 4.74 Å². The van der Waals surface area contributed by atoms with E-state index in [1.54, 1.807) is 35.8 Å². The van der Waals surface area contributed by atoms with E-state index in [1.165, 1.54) is 28.1 Å². The number of thiazole rings is 1. The summed E-state index contributed by atoms with van der Waals surface area (Å²) < 4.78 is 5.48. The van der Waals surface area contributed by atoms with E-state index in [0.29, 0.717) is 35.8 Å². The summed E-state index contributed by atoms with van der Waals surface area (Å²) in [7, 11) is 0. The van der Waals surface area contributed by atoms with Crippen LogP contribution in [0.2, 0.25) is 0 Å². The minimum Gasteiger partial charge on any atom is -0.445 e. The van der Waals surface area contributed by atoms with Crippen LogP contribution < -0.4 is 4.90 Å². The molecule has 1 unspecified atom stereocenters. The van der Waals surface area contributed by atoms with Crippen LogP contribution in [0.4, 0.5) is 15.6 Å². The Morgan fingerprint density at radius 2 is 1.88 bits per heavy atom. The standard InChI is InChI=1S/C24H23N3O4S/c1-17(28)19-9-11-20(12-10-19)27(23-25-13-15-32-23)22(29)21-8-5-14-26(21)24(30)31-16-18-6-3-2-4-7-18/h2-4,6-7,9-13,15,21H,5,8,14,16H2,1H3. The normalized spacial score (nSPS) is 15.4. The largest absolute Gasteiger partial charge is 0.445 e. The van der Waals surface area contributed by atoms with Crippen molar-refractivity contribution in [3.05, 3.63) is 77.3 Å². The number of rotatable bonds is 6. The highest BCUT2D eigenvalue weighted by atomic mass is 32.1. The molecule has 7 nitrogen and oxygen atoms in total. The molecule has 1 aliphatic heterocycles. The van der Waals surface area contributed by atoms with Gasteiger partial charge in [0.2, 0.25) is 0 Å². The lowest BCUT2D eigenvalue weighted by molar-refractivity contribution is -0.121. The van der Waals surface area contributed by atoms with Crippen molar-refractivity contribution in [1.29, 1.82) is 0 Å². The van der Waals surface area contributed by atoms with Crippen molar-refractivity contribution in [1.82, 2.24) is 9.88 Å². The SMILES string of the molecule is CC(=O)c1ccc(N(C(=O)C2CCCN2C(=O)OCc2ccccc2)c2nccs2)cc1. The van der Waals surface area contributed by atoms with Gasteiger partial charge in [-0.25, -0.2) is 9.78 Å². The summed E-state index contributed by atoms with van der Waals surface area (Å²) >= 11 is 1.33. The first-order chi connectivity index (χ1) is 15.5. The first-order valence-corrected chi connectivity index (χ1v) is 11.2. The van der Waals surface area contributed by atoms with Gasteiger partial charge in [0.25, 0.3) is 5.91 Å². The van der Waals surface area contributed by atoms with Crippen LogP contribution >= 0.6 is 11.3 Å². The van der Waals surface area contributed by atoms with Crippen LogP contribution in [-0.2, 0) is 16.1 Å². The minimum atomic E-state index is -0.644. The molecular formula is C24H23N3O4S. The average Bonchev–Trinajstić information content (AvgIpc) is 3.51. The monoisotopic (exact) mass is 449 g/mol. The quantitative estimate of drug-likeness (QED) is 0.505. The number of aromatic nitrogens is 1. The van der Waals surface area contributed by atoms with E-state index < -0.39 is 12.1 Å². The number of amides is 2. The zero-order chi connectivity index (χ0) is 22.5. The van der Waals surface area contributed by atoms with Gasteiger partial charge in [0.05, 0.1) is 5.69 Å². The molecule has 8 heteroatoms. The summed E-state index contributed by atoms with van der Waals surface area (Å²) in [5, 5.41) is 2.30. The number of ether oxygens (including phenoxy) is 1. The molecular weight excluding hydrogens is 426 g/mol. The number of Topliss-reactive ketones (excluding diaryl/α,β-unsaturated/α-hetero) is 1. The zero-order valence-electron chi connectivity index (χ0n) is 17.6. The van der Waals surface area contributed by atoms with Crippen LogP contribution in [0.5, 0.6) is 0 Å². The van der Waals surface area contributed by atoms with Crippen LogP contribution in [0.3, 0.4) is 0 Å². The Morgan fingerprint density at radius 1 is 1.12 bits per heavy atom. The van der Waals surface area contributed by atoms with Crippen molar-refractivity contribution >= 4 is 39.9 Å². The molecule has 32 heavy (non-hydrogen) atoms. The van der Waals surface area contributed by atoms with Crippen LogP contribution in [-0.4, -0.2) is 40.3 Å². The summed E-state index contributed by atoms with van der Waals surface area (Å²) in [4.78, 5) is 45.4. The fourth-order valence-corrected chi connectivity index (χ4v) is 4.36. The Balaban J connectivity index is 1.54. The highest BCUT2D eigenvalue weighted by Gasteiger charge is 2.39. The Bertz CT molecular complexity index is 1080. The number of benzene rings is 2. The van der Waals surface area contributed by atoms with E-state index in [9.17, 15) is 14.4 Å². The topological polar surface area (TPSA) is 79.8 Å². The lowest BCUT2D eigenvalue weighted by Gasteiger charge is -2.28. The third-order valence-corrected chi connectivity index (χ3v) is 6.10. The van der Waals surface area contributed by atoms with Crippen LogP contribution in [0, 0.1) is 0 Å². The highest BCUT2D eigenvalue weighted by molar-refractivity contribution is 7.13. The van der Waals surface area contributed by atoms with Crippen LogP contribution in [0.15, 0.2) is 66.2 Å². The van der Waals surface area contributed by atoms with Crippen molar-refractivity contribution < 1.29 is 19.1 Å². The Kier molecular flexibility index (Phi) is 6.61. The van der Waals surface area contributed by atoms with Crippen LogP contribution in [0.1, 0.15) is 35.7 Å². The van der Waals surface area contributed by atoms with Gasteiger partial charge in [-0.3, -0.25) is 19.4 Å². The van der Waals surface area contributed by atoms with Crippen molar-refractivity contribution in [3.8, 4) is 0 Å².